The molecule has 166 valence electrons. The van der Waals surface area contributed by atoms with Gasteiger partial charge in [-0.25, -0.2) is 13.2 Å². The van der Waals surface area contributed by atoms with E-state index in [-0.39, 0.29) is 0 Å². The largest absolute Gasteiger partial charge is 0.480 e. The van der Waals surface area contributed by atoms with Gasteiger partial charge in [-0.2, -0.15) is 13.2 Å². The van der Waals surface area contributed by atoms with Gasteiger partial charge in [0.1, 0.15) is 6.04 Å². The molecule has 0 radical (unpaired) electrons. The number of nitrogens with zero attached hydrogens (tertiary/aromatic N) is 2. The molecule has 0 aromatic heterocycles. The normalized spacial score (nSPS) is 24.2. The molecule has 2 atom stereocenters. The highest BCUT2D eigenvalue weighted by Gasteiger charge is 2.48. The van der Waals surface area contributed by atoms with E-state index in [1.807, 2.05) is 11.9 Å². The Kier molecular flexibility index (Phi) is 6.15. The Hall–Kier alpha value is -2.14. The van der Waals surface area contributed by atoms with Crippen LogP contribution in [0.5, 0.6) is 0 Å². The molecule has 30 heavy (non-hydrogen) atoms. The number of carbonyl (C=O) groups is 2. The highest BCUT2D eigenvalue weighted by atomic mass is 32.2. The summed E-state index contributed by atoms with van der Waals surface area (Å²) < 4.78 is 66.0. The summed E-state index contributed by atoms with van der Waals surface area (Å²) >= 11 is 0. The summed E-state index contributed by atoms with van der Waals surface area (Å²) in [4.78, 5) is 26.8. The molecule has 0 bridgehead atoms. The fourth-order valence-corrected chi connectivity index (χ4v) is 6.03. The van der Waals surface area contributed by atoms with Crippen LogP contribution in [0.3, 0.4) is 0 Å². The average molecular weight is 448 g/mol. The number of hydrogen-bond donors (Lipinski definition) is 1. The number of hydrogen-bond acceptors (Lipinski definition) is 5. The highest BCUT2D eigenvalue weighted by Crippen LogP contribution is 2.38. The number of piperidine rings is 1. The molecule has 2 saturated heterocycles. The van der Waals surface area contributed by atoms with E-state index in [0.717, 1.165) is 17.0 Å². The van der Waals surface area contributed by atoms with Crippen molar-refractivity contribution >= 4 is 21.7 Å². The van der Waals surface area contributed by atoms with Gasteiger partial charge < -0.3 is 14.9 Å². The molecular formula is C19H23F3N2O5S. The molecule has 2 heterocycles. The van der Waals surface area contributed by atoms with E-state index in [0.29, 0.717) is 32.0 Å². The Morgan fingerprint density at radius 3 is 2.30 bits per heavy atom. The minimum absolute atomic E-state index is 0.424. The fraction of sp³-hybridized carbons (Fsp3) is 0.579. The Labute approximate surface area is 172 Å². The Morgan fingerprint density at radius 2 is 1.73 bits per heavy atom. The van der Waals surface area contributed by atoms with E-state index in [1.54, 1.807) is 0 Å². The van der Waals surface area contributed by atoms with E-state index < -0.39 is 68.5 Å². The number of carboxylic acids is 1. The van der Waals surface area contributed by atoms with Crippen molar-refractivity contribution in [2.45, 2.75) is 41.6 Å². The van der Waals surface area contributed by atoms with Gasteiger partial charge in [-0.1, -0.05) is 12.1 Å². The lowest BCUT2D eigenvalue weighted by Gasteiger charge is -2.32. The van der Waals surface area contributed by atoms with Crippen LogP contribution < -0.4 is 0 Å². The van der Waals surface area contributed by atoms with Crippen LogP contribution in [0, 0.1) is 5.92 Å². The number of halogens is 3. The van der Waals surface area contributed by atoms with Gasteiger partial charge in [-0.05, 0) is 51.5 Å². The Morgan fingerprint density at radius 1 is 1.13 bits per heavy atom. The number of aliphatic carboxylic acids is 1. The van der Waals surface area contributed by atoms with Crippen LogP contribution in [0.1, 0.15) is 24.8 Å². The molecule has 7 nitrogen and oxygen atoms in total. The van der Waals surface area contributed by atoms with Crippen molar-refractivity contribution in [3.63, 3.8) is 0 Å². The first-order chi connectivity index (χ1) is 13.9. The second-order valence-electron chi connectivity index (χ2n) is 7.82. The SMILES string of the molecule is CN1CCC(C(=O)N2CC(S(=O)(=O)c3ccccc3C(F)(F)F)CC2C(=O)O)CC1. The van der Waals surface area contributed by atoms with Crippen LogP contribution in [-0.4, -0.2) is 73.2 Å². The van der Waals surface area contributed by atoms with Crippen LogP contribution in [-0.2, 0) is 25.6 Å². The lowest BCUT2D eigenvalue weighted by molar-refractivity contribution is -0.150. The van der Waals surface area contributed by atoms with Crippen molar-refractivity contribution in [1.29, 1.82) is 0 Å². The number of carbonyl (C=O) groups excluding carboxylic acids is 1. The predicted molar refractivity (Wildman–Crippen MR) is 100 cm³/mol. The quantitative estimate of drug-likeness (QED) is 0.756. The Balaban J connectivity index is 1.89. The third-order valence-corrected chi connectivity index (χ3v) is 8.02. The fourth-order valence-electron chi connectivity index (χ4n) is 4.12. The molecule has 1 aromatic carbocycles. The maximum absolute atomic E-state index is 13.3. The summed E-state index contributed by atoms with van der Waals surface area (Å²) in [6.07, 6.45) is -4.28. The number of alkyl halides is 3. The van der Waals surface area contributed by atoms with Crippen LogP contribution in [0.2, 0.25) is 0 Å². The van der Waals surface area contributed by atoms with E-state index in [4.69, 9.17) is 0 Å². The van der Waals surface area contributed by atoms with Crippen molar-refractivity contribution in [2.75, 3.05) is 26.7 Å². The van der Waals surface area contributed by atoms with Crippen molar-refractivity contribution in [3.05, 3.63) is 29.8 Å². The van der Waals surface area contributed by atoms with Crippen LogP contribution >= 0.6 is 0 Å². The molecule has 0 aliphatic carbocycles. The summed E-state index contributed by atoms with van der Waals surface area (Å²) in [5.41, 5.74) is -1.29. The van der Waals surface area contributed by atoms with Crippen molar-refractivity contribution < 1.29 is 36.3 Å². The van der Waals surface area contributed by atoms with Crippen LogP contribution in [0.25, 0.3) is 0 Å². The molecule has 11 heteroatoms. The van der Waals surface area contributed by atoms with Crippen molar-refractivity contribution in [2.24, 2.45) is 5.92 Å². The average Bonchev–Trinajstić information content (AvgIpc) is 3.14. The number of carboxylic acid groups (broad SMARTS) is 1. The van der Waals surface area contributed by atoms with Gasteiger partial charge in [-0.3, -0.25) is 4.79 Å². The minimum atomic E-state index is -4.88. The molecule has 2 unspecified atom stereocenters. The zero-order chi connectivity index (χ0) is 22.3. The number of likely N-dealkylation sites (tertiary alicyclic amines) is 2. The highest BCUT2D eigenvalue weighted by molar-refractivity contribution is 7.92. The molecule has 3 rings (SSSR count). The summed E-state index contributed by atoms with van der Waals surface area (Å²) in [5, 5.41) is 8.11. The summed E-state index contributed by atoms with van der Waals surface area (Å²) in [6, 6.07) is 2.45. The third kappa shape index (κ3) is 4.31. The van der Waals surface area contributed by atoms with Gasteiger partial charge in [0.05, 0.1) is 15.7 Å². The smallest absolute Gasteiger partial charge is 0.417 e. The van der Waals surface area contributed by atoms with E-state index in [9.17, 15) is 36.3 Å². The summed E-state index contributed by atoms with van der Waals surface area (Å²) in [5.74, 6) is -2.23. The van der Waals surface area contributed by atoms with Crippen LogP contribution in [0.4, 0.5) is 13.2 Å². The molecule has 2 aliphatic heterocycles. The molecule has 1 N–H and O–H groups in total. The molecule has 2 aliphatic rings. The number of amides is 1. The van der Waals surface area contributed by atoms with Gasteiger partial charge in [0, 0.05) is 12.5 Å². The third-order valence-electron chi connectivity index (χ3n) is 5.84. The second-order valence-corrected chi connectivity index (χ2v) is 10.0. The maximum Gasteiger partial charge on any atom is 0.417 e. The molecule has 2 fully saturated rings. The van der Waals surface area contributed by atoms with E-state index in [2.05, 4.69) is 0 Å². The van der Waals surface area contributed by atoms with Crippen molar-refractivity contribution in [3.8, 4) is 0 Å². The zero-order valence-electron chi connectivity index (χ0n) is 16.3. The van der Waals surface area contributed by atoms with Gasteiger partial charge >= 0.3 is 12.1 Å². The standard InChI is InChI=1S/C19H23F3N2O5S/c1-23-8-6-12(7-9-23)17(25)24-11-13(10-15(24)18(26)27)30(28,29)16-5-3-2-4-14(16)19(20,21)22/h2-5,12-13,15H,6-11H2,1H3,(H,26,27). The first-order valence-corrected chi connectivity index (χ1v) is 11.1. The predicted octanol–water partition coefficient (Wildman–Crippen LogP) is 1.88. The first kappa shape index (κ1) is 22.5. The van der Waals surface area contributed by atoms with Crippen molar-refractivity contribution in [1.82, 2.24) is 9.80 Å². The molecule has 1 amide bonds. The lowest BCUT2D eigenvalue weighted by Crippen LogP contribution is -2.46. The van der Waals surface area contributed by atoms with E-state index in [1.165, 1.54) is 6.07 Å². The lowest BCUT2D eigenvalue weighted by atomic mass is 9.95. The summed E-state index contributed by atoms with van der Waals surface area (Å²) in [7, 11) is -2.61. The minimum Gasteiger partial charge on any atom is -0.480 e. The molecular weight excluding hydrogens is 425 g/mol. The zero-order valence-corrected chi connectivity index (χ0v) is 17.1. The topological polar surface area (TPSA) is 95.0 Å². The van der Waals surface area contributed by atoms with Gasteiger partial charge in [0.2, 0.25) is 5.91 Å². The van der Waals surface area contributed by atoms with Gasteiger partial charge in [0.15, 0.2) is 9.84 Å². The van der Waals surface area contributed by atoms with Gasteiger partial charge in [0.25, 0.3) is 0 Å². The first-order valence-electron chi connectivity index (χ1n) is 9.55. The van der Waals surface area contributed by atoms with Crippen LogP contribution in [0.15, 0.2) is 29.2 Å². The maximum atomic E-state index is 13.3. The molecule has 1 aromatic rings. The monoisotopic (exact) mass is 448 g/mol. The summed E-state index contributed by atoms with van der Waals surface area (Å²) in [6.45, 7) is 0.877. The Bertz CT molecular complexity index is 926. The number of sulfone groups is 1. The molecule has 0 spiro atoms. The number of rotatable bonds is 4. The van der Waals surface area contributed by atoms with E-state index >= 15 is 0 Å². The number of benzene rings is 1. The van der Waals surface area contributed by atoms with Gasteiger partial charge in [-0.15, -0.1) is 0 Å². The molecule has 0 saturated carbocycles. The second kappa shape index (κ2) is 8.18.